The molecule has 0 amide bonds. The van der Waals surface area contributed by atoms with Crippen molar-refractivity contribution < 1.29 is 14.3 Å². The number of benzene rings is 3. The molecule has 7 heteroatoms. The highest BCUT2D eigenvalue weighted by Gasteiger charge is 2.34. The monoisotopic (exact) mass is 580 g/mol. The van der Waals surface area contributed by atoms with Gasteiger partial charge in [0.15, 0.2) is 4.80 Å². The predicted molar refractivity (Wildman–Crippen MR) is 167 cm³/mol. The van der Waals surface area contributed by atoms with Gasteiger partial charge in [0, 0.05) is 0 Å². The predicted octanol–water partition coefficient (Wildman–Crippen LogP) is 6.28. The topological polar surface area (TPSA) is 69.9 Å². The molecule has 3 aromatic carbocycles. The molecule has 216 valence electrons. The van der Waals surface area contributed by atoms with Crippen molar-refractivity contribution in [1.29, 1.82) is 0 Å². The van der Waals surface area contributed by atoms with Crippen molar-refractivity contribution in [3.8, 4) is 5.75 Å². The van der Waals surface area contributed by atoms with E-state index < -0.39 is 12.0 Å². The van der Waals surface area contributed by atoms with Crippen molar-refractivity contribution in [3.63, 3.8) is 0 Å². The fourth-order valence-corrected chi connectivity index (χ4v) is 6.11. The lowest BCUT2D eigenvalue weighted by Crippen LogP contribution is -2.40. The first kappa shape index (κ1) is 29.3. The molecule has 0 bridgehead atoms. The minimum absolute atomic E-state index is 0.190. The zero-order chi connectivity index (χ0) is 29.6. The molecule has 1 aromatic heterocycles. The minimum atomic E-state index is -0.620. The summed E-state index contributed by atoms with van der Waals surface area (Å²) in [6.45, 7) is 8.83. The summed E-state index contributed by atoms with van der Waals surface area (Å²) in [7, 11) is 0. The minimum Gasteiger partial charge on any atom is -0.489 e. The summed E-state index contributed by atoms with van der Waals surface area (Å²) < 4.78 is 13.7. The molecule has 4 aromatic rings. The SMILES string of the molecule is CCCC1=C(C(=O)OCC)[C@@H](c2ccc(C(C)C)cc2)n2c(s/c(=C/c3cccc(OCc4ccccc4)c3)c2=O)=N1. The van der Waals surface area contributed by atoms with Crippen molar-refractivity contribution in [1.82, 2.24) is 4.57 Å². The second-order valence-electron chi connectivity index (χ2n) is 10.6. The van der Waals surface area contributed by atoms with Gasteiger partial charge < -0.3 is 9.47 Å². The van der Waals surface area contributed by atoms with Crippen LogP contribution in [0.15, 0.2) is 99.9 Å². The first-order valence-corrected chi connectivity index (χ1v) is 15.3. The molecule has 1 aliphatic rings. The third-order valence-electron chi connectivity index (χ3n) is 7.22. The molecule has 0 spiro atoms. The van der Waals surface area contributed by atoms with Gasteiger partial charge in [0.1, 0.15) is 12.4 Å². The van der Waals surface area contributed by atoms with Crippen molar-refractivity contribution >= 4 is 23.4 Å². The Morgan fingerprint density at radius 2 is 1.79 bits per heavy atom. The second kappa shape index (κ2) is 13.2. The van der Waals surface area contributed by atoms with E-state index >= 15 is 0 Å². The Hall–Kier alpha value is -4.23. The van der Waals surface area contributed by atoms with E-state index in [0.29, 0.717) is 39.5 Å². The highest BCUT2D eigenvalue weighted by atomic mass is 32.1. The molecule has 42 heavy (non-hydrogen) atoms. The Morgan fingerprint density at radius 1 is 1.02 bits per heavy atom. The third kappa shape index (κ3) is 6.31. The lowest BCUT2D eigenvalue weighted by atomic mass is 9.92. The van der Waals surface area contributed by atoms with Gasteiger partial charge in [-0.3, -0.25) is 9.36 Å². The Balaban J connectivity index is 1.59. The maximum Gasteiger partial charge on any atom is 0.338 e. The van der Waals surface area contributed by atoms with E-state index in [4.69, 9.17) is 14.5 Å². The molecule has 0 aliphatic carbocycles. The smallest absolute Gasteiger partial charge is 0.338 e. The molecule has 1 atom stereocenters. The number of fused-ring (bicyclic) bond motifs is 1. The van der Waals surface area contributed by atoms with Crippen LogP contribution in [0.25, 0.3) is 6.08 Å². The highest BCUT2D eigenvalue weighted by molar-refractivity contribution is 7.07. The Kier molecular flexibility index (Phi) is 9.18. The van der Waals surface area contributed by atoms with Crippen LogP contribution in [0.1, 0.15) is 74.8 Å². The van der Waals surface area contributed by atoms with Crippen molar-refractivity contribution in [2.45, 2.75) is 59.1 Å². The van der Waals surface area contributed by atoms with Crippen molar-refractivity contribution in [3.05, 3.63) is 132 Å². The van der Waals surface area contributed by atoms with Gasteiger partial charge in [-0.2, -0.15) is 0 Å². The first-order valence-electron chi connectivity index (χ1n) is 14.5. The summed E-state index contributed by atoms with van der Waals surface area (Å²) in [5.74, 6) is 0.655. The number of thiazole rings is 1. The zero-order valence-electron chi connectivity index (χ0n) is 24.5. The van der Waals surface area contributed by atoms with Gasteiger partial charge in [-0.25, -0.2) is 9.79 Å². The molecule has 0 N–H and O–H groups in total. The van der Waals surface area contributed by atoms with Gasteiger partial charge in [-0.1, -0.05) is 105 Å². The molecule has 0 radical (unpaired) electrons. The zero-order valence-corrected chi connectivity index (χ0v) is 25.3. The van der Waals surface area contributed by atoms with Crippen LogP contribution < -0.4 is 19.6 Å². The number of carbonyl (C=O) groups excluding carboxylic acids is 1. The summed E-state index contributed by atoms with van der Waals surface area (Å²) in [4.78, 5) is 32.9. The fraction of sp³-hybridized carbons (Fsp3) is 0.286. The van der Waals surface area contributed by atoms with Crippen LogP contribution in [0.4, 0.5) is 0 Å². The van der Waals surface area contributed by atoms with Crippen LogP contribution in [0.5, 0.6) is 5.75 Å². The van der Waals surface area contributed by atoms with Crippen LogP contribution in [0.2, 0.25) is 0 Å². The molecule has 2 heterocycles. The maximum atomic E-state index is 14.0. The summed E-state index contributed by atoms with van der Waals surface area (Å²) in [6.07, 6.45) is 3.29. The molecule has 0 fully saturated rings. The number of allylic oxidation sites excluding steroid dienone is 1. The van der Waals surface area contributed by atoms with Crippen LogP contribution in [-0.4, -0.2) is 17.1 Å². The lowest BCUT2D eigenvalue weighted by Gasteiger charge is -2.26. The number of aromatic nitrogens is 1. The summed E-state index contributed by atoms with van der Waals surface area (Å²) in [5.41, 5.74) is 4.90. The lowest BCUT2D eigenvalue weighted by molar-refractivity contribution is -0.139. The van der Waals surface area contributed by atoms with Crippen LogP contribution in [-0.2, 0) is 16.1 Å². The average Bonchev–Trinajstić information content (AvgIpc) is 3.30. The van der Waals surface area contributed by atoms with Crippen LogP contribution in [0, 0.1) is 0 Å². The van der Waals surface area contributed by atoms with Crippen molar-refractivity contribution in [2.24, 2.45) is 4.99 Å². The molecule has 0 saturated heterocycles. The van der Waals surface area contributed by atoms with E-state index in [2.05, 4.69) is 32.9 Å². The number of nitrogens with zero attached hydrogens (tertiary/aromatic N) is 2. The number of carbonyl (C=O) groups is 1. The quantitative estimate of drug-likeness (QED) is 0.207. The van der Waals surface area contributed by atoms with Gasteiger partial charge in [0.25, 0.3) is 5.56 Å². The van der Waals surface area contributed by atoms with Gasteiger partial charge in [-0.05, 0) is 59.7 Å². The van der Waals surface area contributed by atoms with E-state index in [9.17, 15) is 9.59 Å². The third-order valence-corrected chi connectivity index (χ3v) is 8.20. The molecule has 1 aliphatic heterocycles. The number of rotatable bonds is 10. The van der Waals surface area contributed by atoms with Gasteiger partial charge in [0.05, 0.1) is 28.5 Å². The maximum absolute atomic E-state index is 14.0. The highest BCUT2D eigenvalue weighted by Crippen LogP contribution is 2.33. The van der Waals surface area contributed by atoms with Gasteiger partial charge >= 0.3 is 5.97 Å². The van der Waals surface area contributed by atoms with E-state index in [-0.39, 0.29) is 12.2 Å². The number of esters is 1. The van der Waals surface area contributed by atoms with Crippen LogP contribution >= 0.6 is 11.3 Å². The largest absolute Gasteiger partial charge is 0.489 e. The number of hydrogen-bond donors (Lipinski definition) is 0. The number of ether oxygens (including phenoxy) is 2. The Labute approximate surface area is 250 Å². The Morgan fingerprint density at radius 3 is 2.48 bits per heavy atom. The van der Waals surface area contributed by atoms with E-state index in [1.54, 1.807) is 11.5 Å². The Bertz CT molecular complexity index is 1770. The summed E-state index contributed by atoms with van der Waals surface area (Å²) >= 11 is 1.34. The van der Waals surface area contributed by atoms with Crippen molar-refractivity contribution in [2.75, 3.05) is 6.61 Å². The molecule has 6 nitrogen and oxygen atoms in total. The van der Waals surface area contributed by atoms with E-state index in [1.165, 1.54) is 16.9 Å². The molecule has 5 rings (SSSR count). The molecule has 0 saturated carbocycles. The second-order valence-corrected chi connectivity index (χ2v) is 11.6. The van der Waals surface area contributed by atoms with E-state index in [0.717, 1.165) is 28.9 Å². The average molecular weight is 581 g/mol. The standard InChI is InChI=1S/C35H36N2O4S/c1-5-11-29-31(34(39)40-6-2)32(27-18-16-26(17-19-27)23(3)4)37-33(38)30(42-35(37)36-29)21-25-14-10-15-28(20-25)41-22-24-12-8-7-9-13-24/h7-10,12-21,23,32H,5-6,11,22H2,1-4H3/b30-21+/t32-/m1/s1. The molecular weight excluding hydrogens is 544 g/mol. The van der Waals surface area contributed by atoms with Gasteiger partial charge in [-0.15, -0.1) is 0 Å². The molecular formula is C35H36N2O4S. The van der Waals surface area contributed by atoms with E-state index in [1.807, 2.05) is 72.8 Å². The summed E-state index contributed by atoms with van der Waals surface area (Å²) in [6, 6.07) is 25.2. The normalized spacial score (nSPS) is 15.0. The molecule has 0 unspecified atom stereocenters. The fourth-order valence-electron chi connectivity index (χ4n) is 5.09. The van der Waals surface area contributed by atoms with Gasteiger partial charge in [0.2, 0.25) is 0 Å². The summed E-state index contributed by atoms with van der Waals surface area (Å²) in [5, 5.41) is 0. The first-order chi connectivity index (χ1) is 20.4. The van der Waals surface area contributed by atoms with Crippen LogP contribution in [0.3, 0.4) is 0 Å². The number of hydrogen-bond acceptors (Lipinski definition) is 6.